The van der Waals surface area contributed by atoms with Gasteiger partial charge < -0.3 is 19.9 Å². The molecule has 2 aliphatic heterocycles. The summed E-state index contributed by atoms with van der Waals surface area (Å²) in [5.74, 6) is 1.06. The lowest BCUT2D eigenvalue weighted by Gasteiger charge is -2.44. The van der Waals surface area contributed by atoms with Crippen LogP contribution in [-0.4, -0.2) is 54.5 Å². The standard InChI is InChI=1S/C29H31N3O3/c1-31(2)28(34)30-25-11-8-21(9-12-25)23-10-13-26-24(20-23)14-15-29(35-26)16-18-32(19-17-29)27(33)22-6-4-3-5-7-22/h3-13,20H,14-19H2,1-2H3,(H,30,34). The van der Waals surface area contributed by atoms with Crippen molar-refractivity contribution in [2.45, 2.75) is 31.3 Å². The molecule has 2 aliphatic rings. The van der Waals surface area contributed by atoms with Crippen LogP contribution in [0.15, 0.2) is 72.8 Å². The van der Waals surface area contributed by atoms with Gasteiger partial charge in [-0.1, -0.05) is 36.4 Å². The SMILES string of the molecule is CN(C)C(=O)Nc1ccc(-c2ccc3c(c2)CCC2(CCN(C(=O)c4ccccc4)CC2)O3)cc1. The number of ether oxygens (including phenoxy) is 1. The quantitative estimate of drug-likeness (QED) is 0.555. The van der Waals surface area contributed by atoms with Crippen LogP contribution in [0.2, 0.25) is 0 Å². The van der Waals surface area contributed by atoms with E-state index in [2.05, 4.69) is 23.5 Å². The van der Waals surface area contributed by atoms with E-state index >= 15 is 0 Å². The van der Waals surface area contributed by atoms with E-state index in [-0.39, 0.29) is 17.5 Å². The third kappa shape index (κ3) is 4.87. The Morgan fingerprint density at radius 3 is 2.26 bits per heavy atom. The molecule has 6 nitrogen and oxygen atoms in total. The number of nitrogens with zero attached hydrogens (tertiary/aromatic N) is 2. The second kappa shape index (κ2) is 9.45. The maximum atomic E-state index is 12.8. The van der Waals surface area contributed by atoms with Gasteiger partial charge in [-0.05, 0) is 65.9 Å². The Morgan fingerprint density at radius 2 is 1.57 bits per heavy atom. The third-order valence-electron chi connectivity index (χ3n) is 7.10. The number of rotatable bonds is 3. The van der Waals surface area contributed by atoms with Crippen LogP contribution >= 0.6 is 0 Å². The van der Waals surface area contributed by atoms with E-state index in [9.17, 15) is 9.59 Å². The van der Waals surface area contributed by atoms with Gasteiger partial charge in [-0.2, -0.15) is 0 Å². The lowest BCUT2D eigenvalue weighted by Crippen LogP contribution is -2.51. The number of carbonyl (C=O) groups excluding carboxylic acids is 2. The average molecular weight is 470 g/mol. The summed E-state index contributed by atoms with van der Waals surface area (Å²) >= 11 is 0. The maximum absolute atomic E-state index is 12.8. The van der Waals surface area contributed by atoms with Gasteiger partial charge in [-0.3, -0.25) is 4.79 Å². The number of likely N-dealkylation sites (tertiary alicyclic amines) is 1. The molecule has 5 rings (SSSR count). The number of benzene rings is 3. The molecule has 0 atom stereocenters. The summed E-state index contributed by atoms with van der Waals surface area (Å²) in [5.41, 5.74) is 4.79. The zero-order chi connectivity index (χ0) is 24.4. The van der Waals surface area contributed by atoms with Crippen molar-refractivity contribution in [2.75, 3.05) is 32.5 Å². The molecule has 35 heavy (non-hydrogen) atoms. The summed E-state index contributed by atoms with van der Waals surface area (Å²) in [6, 6.07) is 23.6. The summed E-state index contributed by atoms with van der Waals surface area (Å²) in [4.78, 5) is 28.1. The number of hydrogen-bond acceptors (Lipinski definition) is 3. The molecule has 0 saturated carbocycles. The van der Waals surface area contributed by atoms with Gasteiger partial charge in [-0.25, -0.2) is 4.79 Å². The second-order valence-electron chi connectivity index (χ2n) is 9.67. The Kier molecular flexibility index (Phi) is 6.20. The van der Waals surface area contributed by atoms with E-state index in [1.165, 1.54) is 10.5 Å². The molecule has 1 saturated heterocycles. The average Bonchev–Trinajstić information content (AvgIpc) is 2.89. The van der Waals surface area contributed by atoms with Gasteiger partial charge in [-0.15, -0.1) is 0 Å². The van der Waals surface area contributed by atoms with Crippen molar-refractivity contribution in [1.82, 2.24) is 9.80 Å². The first-order valence-corrected chi connectivity index (χ1v) is 12.2. The highest BCUT2D eigenvalue weighted by atomic mass is 16.5. The van der Waals surface area contributed by atoms with Crippen molar-refractivity contribution in [1.29, 1.82) is 0 Å². The van der Waals surface area contributed by atoms with Gasteiger partial charge in [0.1, 0.15) is 11.4 Å². The molecule has 180 valence electrons. The largest absolute Gasteiger partial charge is 0.487 e. The minimum atomic E-state index is -0.186. The normalized spacial score (nSPS) is 16.2. The number of carbonyl (C=O) groups is 2. The molecule has 1 N–H and O–H groups in total. The van der Waals surface area contributed by atoms with Gasteiger partial charge in [0.15, 0.2) is 0 Å². The third-order valence-corrected chi connectivity index (χ3v) is 7.10. The molecule has 0 radical (unpaired) electrons. The molecule has 3 aromatic carbocycles. The Hall–Kier alpha value is -3.80. The first kappa shape index (κ1) is 23.0. The second-order valence-corrected chi connectivity index (χ2v) is 9.67. The molecule has 3 amide bonds. The fourth-order valence-electron chi connectivity index (χ4n) is 4.91. The predicted octanol–water partition coefficient (Wildman–Crippen LogP) is 5.45. The minimum Gasteiger partial charge on any atom is -0.487 e. The monoisotopic (exact) mass is 469 g/mol. The van der Waals surface area contributed by atoms with Crippen molar-refractivity contribution in [2.24, 2.45) is 0 Å². The number of amides is 3. The summed E-state index contributed by atoms with van der Waals surface area (Å²) in [6.07, 6.45) is 3.64. The van der Waals surface area contributed by atoms with Crippen molar-refractivity contribution in [3.63, 3.8) is 0 Å². The highest BCUT2D eigenvalue weighted by Crippen LogP contribution is 2.41. The van der Waals surface area contributed by atoms with Crippen LogP contribution in [-0.2, 0) is 6.42 Å². The first-order chi connectivity index (χ1) is 16.9. The molecule has 0 bridgehead atoms. The number of hydrogen-bond donors (Lipinski definition) is 1. The molecule has 1 spiro atoms. The predicted molar refractivity (Wildman–Crippen MR) is 138 cm³/mol. The van der Waals surface area contributed by atoms with Crippen molar-refractivity contribution < 1.29 is 14.3 Å². The van der Waals surface area contributed by atoms with Crippen LogP contribution in [0.25, 0.3) is 11.1 Å². The zero-order valence-corrected chi connectivity index (χ0v) is 20.3. The fourth-order valence-corrected chi connectivity index (χ4v) is 4.91. The van der Waals surface area contributed by atoms with Gasteiger partial charge >= 0.3 is 6.03 Å². The van der Waals surface area contributed by atoms with Crippen LogP contribution in [0.1, 0.15) is 35.2 Å². The van der Waals surface area contributed by atoms with E-state index in [4.69, 9.17) is 4.74 Å². The Labute approximate surface area is 206 Å². The van der Waals surface area contributed by atoms with Crippen LogP contribution in [0.4, 0.5) is 10.5 Å². The van der Waals surface area contributed by atoms with Crippen molar-refractivity contribution >= 4 is 17.6 Å². The van der Waals surface area contributed by atoms with Gasteiger partial charge in [0.2, 0.25) is 0 Å². The number of nitrogens with one attached hydrogen (secondary N) is 1. The molecule has 6 heteroatoms. The Morgan fingerprint density at radius 1 is 0.886 bits per heavy atom. The highest BCUT2D eigenvalue weighted by Gasteiger charge is 2.40. The fraction of sp³-hybridized carbons (Fsp3) is 0.310. The minimum absolute atomic E-state index is 0.105. The zero-order valence-electron chi connectivity index (χ0n) is 20.3. The van der Waals surface area contributed by atoms with Crippen LogP contribution in [0.5, 0.6) is 5.75 Å². The smallest absolute Gasteiger partial charge is 0.321 e. The number of urea groups is 1. The molecule has 1 fully saturated rings. The summed E-state index contributed by atoms with van der Waals surface area (Å²) in [5, 5.41) is 2.86. The molecular weight excluding hydrogens is 438 g/mol. The van der Waals surface area contributed by atoms with Crippen molar-refractivity contribution in [3.8, 4) is 16.9 Å². The lowest BCUT2D eigenvalue weighted by molar-refractivity contribution is -0.0106. The Balaban J connectivity index is 1.23. The molecule has 2 heterocycles. The van der Waals surface area contributed by atoms with Gasteiger partial charge in [0.05, 0.1) is 0 Å². The van der Waals surface area contributed by atoms with E-state index in [0.717, 1.165) is 66.9 Å². The number of anilines is 1. The topological polar surface area (TPSA) is 61.9 Å². The van der Waals surface area contributed by atoms with Crippen LogP contribution in [0.3, 0.4) is 0 Å². The lowest BCUT2D eigenvalue weighted by atomic mass is 9.82. The highest BCUT2D eigenvalue weighted by molar-refractivity contribution is 5.94. The summed E-state index contributed by atoms with van der Waals surface area (Å²) < 4.78 is 6.58. The molecule has 0 unspecified atom stereocenters. The summed E-state index contributed by atoms with van der Waals surface area (Å²) in [7, 11) is 3.44. The van der Waals surface area contributed by atoms with Crippen LogP contribution in [0, 0.1) is 0 Å². The van der Waals surface area contributed by atoms with Gasteiger partial charge in [0, 0.05) is 51.3 Å². The van der Waals surface area contributed by atoms with E-state index < -0.39 is 0 Å². The molecule has 3 aromatic rings. The number of fused-ring (bicyclic) bond motifs is 1. The van der Waals surface area contributed by atoms with E-state index in [1.807, 2.05) is 59.5 Å². The molecule has 0 aromatic heterocycles. The number of aryl methyl sites for hydroxylation is 1. The summed E-state index contributed by atoms with van der Waals surface area (Å²) in [6.45, 7) is 1.44. The van der Waals surface area contributed by atoms with Crippen LogP contribution < -0.4 is 10.1 Å². The Bertz CT molecular complexity index is 1210. The van der Waals surface area contributed by atoms with Gasteiger partial charge in [0.25, 0.3) is 5.91 Å². The number of piperidine rings is 1. The molecular formula is C29H31N3O3. The van der Waals surface area contributed by atoms with E-state index in [0.29, 0.717) is 0 Å². The first-order valence-electron chi connectivity index (χ1n) is 12.2. The molecule has 0 aliphatic carbocycles. The van der Waals surface area contributed by atoms with Crippen molar-refractivity contribution in [3.05, 3.63) is 83.9 Å². The van der Waals surface area contributed by atoms with E-state index in [1.54, 1.807) is 14.1 Å². The maximum Gasteiger partial charge on any atom is 0.321 e.